The molecule has 2 aromatic carbocycles. The molecule has 2 aromatic heterocycles. The van der Waals surface area contributed by atoms with Gasteiger partial charge in [-0.05, 0) is 32.1 Å². The van der Waals surface area contributed by atoms with E-state index >= 15 is 0 Å². The first-order valence-corrected chi connectivity index (χ1v) is 14.7. The Labute approximate surface area is 223 Å². The van der Waals surface area contributed by atoms with Gasteiger partial charge in [-0.1, -0.05) is 105 Å². The van der Waals surface area contributed by atoms with Crippen molar-refractivity contribution in [2.45, 2.75) is 59.7 Å². The summed E-state index contributed by atoms with van der Waals surface area (Å²) in [6, 6.07) is 19.9. The minimum atomic E-state index is -0.887. The van der Waals surface area contributed by atoms with Gasteiger partial charge in [0.2, 0.25) is 11.2 Å². The van der Waals surface area contributed by atoms with Crippen LogP contribution in [0.3, 0.4) is 0 Å². The summed E-state index contributed by atoms with van der Waals surface area (Å²) in [5.41, 5.74) is 15.8. The number of thioether (sulfide) groups is 1. The monoisotopic (exact) mass is 545 g/mol. The maximum absolute atomic E-state index is 10.3. The molecule has 5 nitrogen and oxygen atoms in total. The zero-order valence-electron chi connectivity index (χ0n) is 20.9. The number of thiazole rings is 2. The van der Waals surface area contributed by atoms with Crippen molar-refractivity contribution in [2.24, 2.45) is 0 Å². The predicted molar refractivity (Wildman–Crippen MR) is 158 cm³/mol. The van der Waals surface area contributed by atoms with Gasteiger partial charge in [-0.25, -0.2) is 4.98 Å². The van der Waals surface area contributed by atoms with Gasteiger partial charge in [0.1, 0.15) is 21.4 Å². The first-order valence-electron chi connectivity index (χ1n) is 11.1. The standard InChI is InChI=1S/C13H17N2OS2.C13H16N2S2/c1-13(2,3)18(16)12-15-10(11(14)17-12)9-7-5-4-6-8-9;1-13(2,3)17-12-15-10(11(14)16-12)9-7-5-4-6-8-9/h4-8,16H,14H2,1-3H3;4-8H,14H2,1-3H3/q+1;. The minimum Gasteiger partial charge on any atom is -0.389 e. The van der Waals surface area contributed by atoms with Crippen molar-refractivity contribution < 1.29 is 4.55 Å². The number of nitrogens with two attached hydrogens (primary N) is 2. The number of nitrogen functional groups attached to an aromatic ring is 2. The number of rotatable bonds is 4. The molecule has 0 aliphatic carbocycles. The molecule has 35 heavy (non-hydrogen) atoms. The summed E-state index contributed by atoms with van der Waals surface area (Å²) < 4.78 is 12.0. The molecule has 5 N–H and O–H groups in total. The molecule has 0 fully saturated rings. The summed E-state index contributed by atoms with van der Waals surface area (Å²) in [6.45, 7) is 12.5. The SMILES string of the molecule is CC(C)(C)Sc1nc(-c2ccccc2)c(N)s1.CC(C)(C)[S+](O)c1nc(-c2ccccc2)c(N)s1. The lowest BCUT2D eigenvalue weighted by molar-refractivity contribution is 0.593. The van der Waals surface area contributed by atoms with Crippen LogP contribution in [-0.2, 0) is 11.2 Å². The Morgan fingerprint density at radius 2 is 1.20 bits per heavy atom. The van der Waals surface area contributed by atoms with Crippen LogP contribution in [0.15, 0.2) is 69.3 Å². The molecule has 4 rings (SSSR count). The third kappa shape index (κ3) is 7.72. The summed E-state index contributed by atoms with van der Waals surface area (Å²) >= 11 is 3.81. The normalized spacial score (nSPS) is 12.7. The largest absolute Gasteiger partial charge is 0.389 e. The highest BCUT2D eigenvalue weighted by Crippen LogP contribution is 2.40. The van der Waals surface area contributed by atoms with Crippen LogP contribution in [0.25, 0.3) is 22.5 Å². The highest BCUT2D eigenvalue weighted by atomic mass is 32.2. The molecular weight excluding hydrogens is 513 g/mol. The molecule has 0 saturated heterocycles. The van der Waals surface area contributed by atoms with Crippen molar-refractivity contribution in [3.05, 3.63) is 60.7 Å². The lowest BCUT2D eigenvalue weighted by Crippen LogP contribution is -2.27. The van der Waals surface area contributed by atoms with Gasteiger partial charge in [0.25, 0.3) is 0 Å². The van der Waals surface area contributed by atoms with Gasteiger partial charge in [-0.15, -0.1) is 0 Å². The molecule has 2 heterocycles. The van der Waals surface area contributed by atoms with Crippen LogP contribution >= 0.6 is 34.4 Å². The van der Waals surface area contributed by atoms with Crippen molar-refractivity contribution in [1.82, 2.24) is 9.97 Å². The van der Waals surface area contributed by atoms with Crippen LogP contribution in [0, 0.1) is 0 Å². The van der Waals surface area contributed by atoms with Crippen molar-refractivity contribution in [3.8, 4) is 22.5 Å². The topological polar surface area (TPSA) is 98.0 Å². The molecule has 1 unspecified atom stereocenters. The fourth-order valence-corrected chi connectivity index (χ4v) is 7.93. The fraction of sp³-hybridized carbons (Fsp3) is 0.308. The molecule has 0 spiro atoms. The predicted octanol–water partition coefficient (Wildman–Crippen LogP) is 7.92. The molecule has 0 amide bonds. The lowest BCUT2D eigenvalue weighted by Gasteiger charge is -2.14. The Hall–Kier alpha value is -2.04. The Bertz CT molecular complexity index is 1230. The van der Waals surface area contributed by atoms with E-state index in [9.17, 15) is 4.55 Å². The zero-order chi connectivity index (χ0) is 25.8. The van der Waals surface area contributed by atoms with E-state index < -0.39 is 11.2 Å². The molecule has 0 saturated carbocycles. The molecule has 186 valence electrons. The molecular formula is C26H33N4OS4+. The first-order chi connectivity index (χ1) is 16.3. The zero-order valence-corrected chi connectivity index (χ0v) is 24.2. The molecule has 0 aliphatic heterocycles. The van der Waals surface area contributed by atoms with Gasteiger partial charge in [-0.2, -0.15) is 9.54 Å². The lowest BCUT2D eigenvalue weighted by atomic mass is 10.2. The summed E-state index contributed by atoms with van der Waals surface area (Å²) in [7, 11) is 0. The highest BCUT2D eigenvalue weighted by Gasteiger charge is 2.40. The van der Waals surface area contributed by atoms with Crippen LogP contribution in [0.2, 0.25) is 0 Å². The van der Waals surface area contributed by atoms with Gasteiger partial charge >= 0.3 is 4.34 Å². The maximum Gasteiger partial charge on any atom is 0.341 e. The van der Waals surface area contributed by atoms with Gasteiger partial charge < -0.3 is 11.5 Å². The van der Waals surface area contributed by atoms with Crippen molar-refractivity contribution in [2.75, 3.05) is 11.5 Å². The highest BCUT2D eigenvalue weighted by molar-refractivity contribution is 8.02. The quantitative estimate of drug-likeness (QED) is 0.178. The number of hydrogen-bond donors (Lipinski definition) is 3. The smallest absolute Gasteiger partial charge is 0.341 e. The number of aromatic nitrogens is 2. The van der Waals surface area contributed by atoms with Gasteiger partial charge in [0.05, 0.1) is 0 Å². The average Bonchev–Trinajstić information content (AvgIpc) is 3.35. The maximum atomic E-state index is 10.3. The van der Waals surface area contributed by atoms with Gasteiger partial charge in [-0.3, -0.25) is 0 Å². The molecule has 0 bridgehead atoms. The number of hydrogen-bond acceptors (Lipinski definition) is 8. The average molecular weight is 546 g/mol. The summed E-state index contributed by atoms with van der Waals surface area (Å²) in [5, 5.41) is 1.45. The van der Waals surface area contributed by atoms with E-state index in [1.807, 2.05) is 81.4 Å². The van der Waals surface area contributed by atoms with Crippen LogP contribution < -0.4 is 11.5 Å². The van der Waals surface area contributed by atoms with Crippen molar-refractivity contribution >= 4 is 55.6 Å². The molecule has 0 radical (unpaired) electrons. The van der Waals surface area contributed by atoms with Gasteiger partial charge in [0, 0.05) is 15.9 Å². The summed E-state index contributed by atoms with van der Waals surface area (Å²) in [5.74, 6) is 0. The van der Waals surface area contributed by atoms with Crippen LogP contribution in [0.1, 0.15) is 41.5 Å². The number of nitrogens with zero attached hydrogens (tertiary/aromatic N) is 2. The third-order valence-corrected chi connectivity index (χ3v) is 9.54. The van der Waals surface area contributed by atoms with Crippen LogP contribution in [0.4, 0.5) is 10.0 Å². The molecule has 1 atom stereocenters. The Balaban J connectivity index is 0.000000196. The van der Waals surface area contributed by atoms with Crippen molar-refractivity contribution in [3.63, 3.8) is 0 Å². The second-order valence-electron chi connectivity index (χ2n) is 9.73. The molecule has 9 heteroatoms. The van der Waals surface area contributed by atoms with E-state index in [1.54, 1.807) is 23.1 Å². The molecule has 0 aliphatic rings. The van der Waals surface area contributed by atoms with E-state index in [2.05, 4.69) is 30.7 Å². The third-order valence-electron chi connectivity index (χ3n) is 4.50. The van der Waals surface area contributed by atoms with E-state index in [0.29, 0.717) is 9.34 Å². The Morgan fingerprint density at radius 3 is 1.66 bits per heavy atom. The second-order valence-corrected chi connectivity index (χ2v) is 16.3. The molecule has 4 aromatic rings. The number of anilines is 2. The van der Waals surface area contributed by atoms with Crippen LogP contribution in [-0.4, -0.2) is 24.0 Å². The Kier molecular flexibility index (Phi) is 8.93. The van der Waals surface area contributed by atoms with Gasteiger partial charge in [0.15, 0.2) is 9.09 Å². The number of benzene rings is 2. The van der Waals surface area contributed by atoms with E-state index in [1.165, 1.54) is 11.3 Å². The second kappa shape index (κ2) is 11.3. The minimum absolute atomic E-state index is 0.165. The Morgan fingerprint density at radius 1 is 0.743 bits per heavy atom. The van der Waals surface area contributed by atoms with E-state index in [-0.39, 0.29) is 9.49 Å². The first kappa shape index (κ1) is 27.5. The summed E-state index contributed by atoms with van der Waals surface area (Å²) in [4.78, 5) is 9.12. The van der Waals surface area contributed by atoms with Crippen LogP contribution in [0.5, 0.6) is 0 Å². The van der Waals surface area contributed by atoms with E-state index in [4.69, 9.17) is 11.5 Å². The van der Waals surface area contributed by atoms with Crippen molar-refractivity contribution in [1.29, 1.82) is 0 Å². The summed E-state index contributed by atoms with van der Waals surface area (Å²) in [6.07, 6.45) is 0. The fourth-order valence-electron chi connectivity index (χ4n) is 2.88. The van der Waals surface area contributed by atoms with E-state index in [0.717, 1.165) is 31.9 Å².